The Morgan fingerprint density at radius 1 is 1.55 bits per heavy atom. The molecule has 2 unspecified atom stereocenters. The van der Waals surface area contributed by atoms with E-state index in [4.69, 9.17) is 16.3 Å². The summed E-state index contributed by atoms with van der Waals surface area (Å²) in [7, 11) is 0. The zero-order valence-corrected chi connectivity index (χ0v) is 13.0. The van der Waals surface area contributed by atoms with Gasteiger partial charge in [0.1, 0.15) is 11.9 Å². The fourth-order valence-electron chi connectivity index (χ4n) is 2.07. The molecule has 0 aliphatic carbocycles. The van der Waals surface area contributed by atoms with Gasteiger partial charge in [-0.05, 0) is 32.0 Å². The Bertz CT molecular complexity index is 437. The van der Waals surface area contributed by atoms with E-state index < -0.39 is 0 Å². The van der Waals surface area contributed by atoms with Crippen LogP contribution < -0.4 is 15.4 Å². The van der Waals surface area contributed by atoms with Crippen molar-refractivity contribution in [1.82, 2.24) is 10.6 Å². The van der Waals surface area contributed by atoms with Gasteiger partial charge in [-0.25, -0.2) is 0 Å². The molecule has 20 heavy (non-hydrogen) atoms. The second-order valence-corrected chi connectivity index (χ2v) is 5.20. The van der Waals surface area contributed by atoms with Crippen molar-refractivity contribution in [3.63, 3.8) is 0 Å². The van der Waals surface area contributed by atoms with Gasteiger partial charge in [-0.3, -0.25) is 4.79 Å². The summed E-state index contributed by atoms with van der Waals surface area (Å²) in [4.78, 5) is 11.8. The molecule has 1 saturated heterocycles. The Hall–Kier alpha value is -0.970. The Morgan fingerprint density at radius 3 is 2.95 bits per heavy atom. The molecule has 2 atom stereocenters. The fraction of sp³-hybridized carbons (Fsp3) is 0.500. The smallest absolute Gasteiger partial charge is 0.224 e. The molecule has 0 bridgehead atoms. The second-order valence-electron chi connectivity index (χ2n) is 4.79. The highest BCUT2D eigenvalue weighted by molar-refractivity contribution is 6.32. The van der Waals surface area contributed by atoms with Gasteiger partial charge in [0.25, 0.3) is 0 Å². The monoisotopic (exact) mass is 318 g/mol. The molecule has 4 nitrogen and oxygen atoms in total. The van der Waals surface area contributed by atoms with Crippen LogP contribution in [0.25, 0.3) is 0 Å². The molecule has 6 heteroatoms. The number of hydrogen-bond acceptors (Lipinski definition) is 3. The average Bonchev–Trinajstić information content (AvgIpc) is 2.93. The van der Waals surface area contributed by atoms with E-state index in [9.17, 15) is 4.79 Å². The predicted octanol–water partition coefficient (Wildman–Crippen LogP) is 2.25. The molecular formula is C14H20Cl2N2O2. The molecule has 1 aromatic rings. The first-order valence-electron chi connectivity index (χ1n) is 6.56. The number of benzene rings is 1. The minimum atomic E-state index is -0.113. The van der Waals surface area contributed by atoms with Crippen molar-refractivity contribution >= 4 is 29.9 Å². The van der Waals surface area contributed by atoms with Gasteiger partial charge < -0.3 is 15.4 Å². The summed E-state index contributed by atoms with van der Waals surface area (Å²) in [6.07, 6.45) is 0.796. The molecule has 0 aromatic heterocycles. The van der Waals surface area contributed by atoms with Crippen LogP contribution >= 0.6 is 24.0 Å². The summed E-state index contributed by atoms with van der Waals surface area (Å²) >= 11 is 6.01. The zero-order valence-electron chi connectivity index (χ0n) is 11.4. The zero-order chi connectivity index (χ0) is 13.7. The van der Waals surface area contributed by atoms with E-state index in [2.05, 4.69) is 10.6 Å². The predicted molar refractivity (Wildman–Crippen MR) is 82.8 cm³/mol. The maximum Gasteiger partial charge on any atom is 0.224 e. The lowest BCUT2D eigenvalue weighted by molar-refractivity contribution is -0.124. The van der Waals surface area contributed by atoms with Gasteiger partial charge >= 0.3 is 0 Å². The van der Waals surface area contributed by atoms with Crippen molar-refractivity contribution in [2.24, 2.45) is 5.92 Å². The van der Waals surface area contributed by atoms with Gasteiger partial charge in [0, 0.05) is 6.54 Å². The van der Waals surface area contributed by atoms with Crippen LogP contribution in [0.1, 0.15) is 13.3 Å². The van der Waals surface area contributed by atoms with Crippen LogP contribution in [0.2, 0.25) is 5.02 Å². The summed E-state index contributed by atoms with van der Waals surface area (Å²) in [5, 5.41) is 6.68. The quantitative estimate of drug-likeness (QED) is 0.875. The Morgan fingerprint density at radius 2 is 2.30 bits per heavy atom. The van der Waals surface area contributed by atoms with E-state index in [0.717, 1.165) is 19.5 Å². The fourth-order valence-corrected chi connectivity index (χ4v) is 2.25. The highest BCUT2D eigenvalue weighted by Gasteiger charge is 2.22. The first-order valence-corrected chi connectivity index (χ1v) is 6.94. The van der Waals surface area contributed by atoms with E-state index >= 15 is 0 Å². The second kappa shape index (κ2) is 8.35. The van der Waals surface area contributed by atoms with Crippen LogP contribution in [0.3, 0.4) is 0 Å². The van der Waals surface area contributed by atoms with Crippen LogP contribution in [0.5, 0.6) is 5.75 Å². The van der Waals surface area contributed by atoms with Crippen LogP contribution in [0.15, 0.2) is 24.3 Å². The molecule has 0 radical (unpaired) electrons. The van der Waals surface area contributed by atoms with Gasteiger partial charge in [-0.2, -0.15) is 0 Å². The molecule has 1 fully saturated rings. The third kappa shape index (κ3) is 4.85. The maximum atomic E-state index is 11.8. The summed E-state index contributed by atoms with van der Waals surface area (Å²) in [6.45, 7) is 4.09. The van der Waals surface area contributed by atoms with E-state index in [1.807, 2.05) is 25.1 Å². The number of carbonyl (C=O) groups excluding carboxylic acids is 1. The van der Waals surface area contributed by atoms with E-state index in [-0.39, 0.29) is 30.3 Å². The van der Waals surface area contributed by atoms with E-state index in [0.29, 0.717) is 17.3 Å². The van der Waals surface area contributed by atoms with Crippen LogP contribution in [-0.4, -0.2) is 31.6 Å². The number of carbonyl (C=O) groups is 1. The van der Waals surface area contributed by atoms with Crippen LogP contribution in [0, 0.1) is 5.92 Å². The molecule has 1 amide bonds. The van der Waals surface area contributed by atoms with Gasteiger partial charge in [0.05, 0.1) is 17.5 Å². The third-order valence-corrected chi connectivity index (χ3v) is 3.47. The lowest BCUT2D eigenvalue weighted by Gasteiger charge is -2.17. The van der Waals surface area contributed by atoms with Crippen LogP contribution in [-0.2, 0) is 4.79 Å². The van der Waals surface area contributed by atoms with Gasteiger partial charge in [0.15, 0.2) is 0 Å². The highest BCUT2D eigenvalue weighted by atomic mass is 35.5. The van der Waals surface area contributed by atoms with Gasteiger partial charge in [-0.1, -0.05) is 23.7 Å². The topological polar surface area (TPSA) is 50.4 Å². The van der Waals surface area contributed by atoms with Crippen molar-refractivity contribution in [3.8, 4) is 5.75 Å². The third-order valence-electron chi connectivity index (χ3n) is 3.16. The van der Waals surface area contributed by atoms with Crippen molar-refractivity contribution in [1.29, 1.82) is 0 Å². The SMILES string of the molecule is CC(CNC(=O)C1CCNC1)Oc1ccccc1Cl.Cl. The molecule has 1 heterocycles. The van der Waals surface area contributed by atoms with E-state index in [1.165, 1.54) is 0 Å². The molecule has 0 spiro atoms. The molecule has 0 saturated carbocycles. The number of amides is 1. The molecule has 2 rings (SSSR count). The lowest BCUT2D eigenvalue weighted by Crippen LogP contribution is -2.38. The molecule has 1 aliphatic heterocycles. The molecule has 1 aromatic carbocycles. The van der Waals surface area contributed by atoms with E-state index in [1.54, 1.807) is 6.07 Å². The maximum absolute atomic E-state index is 11.8. The minimum Gasteiger partial charge on any atom is -0.487 e. The Labute approximate surface area is 130 Å². The average molecular weight is 319 g/mol. The van der Waals surface area contributed by atoms with Gasteiger partial charge in [-0.15, -0.1) is 12.4 Å². The number of rotatable bonds is 5. The molecule has 2 N–H and O–H groups in total. The number of nitrogens with one attached hydrogen (secondary N) is 2. The van der Waals surface area contributed by atoms with Gasteiger partial charge in [0.2, 0.25) is 5.91 Å². The number of halogens is 2. The first-order chi connectivity index (χ1) is 9.16. The molecule has 1 aliphatic rings. The summed E-state index contributed by atoms with van der Waals surface area (Å²) in [5.41, 5.74) is 0. The molecule has 112 valence electrons. The summed E-state index contributed by atoms with van der Waals surface area (Å²) in [5.74, 6) is 0.834. The molecular weight excluding hydrogens is 299 g/mol. The van der Waals surface area contributed by atoms with Crippen molar-refractivity contribution in [3.05, 3.63) is 29.3 Å². The van der Waals surface area contributed by atoms with Crippen molar-refractivity contribution in [2.75, 3.05) is 19.6 Å². The van der Waals surface area contributed by atoms with Crippen molar-refractivity contribution < 1.29 is 9.53 Å². The van der Waals surface area contributed by atoms with Crippen LogP contribution in [0.4, 0.5) is 0 Å². The Kier molecular flexibility index (Phi) is 7.13. The Balaban J connectivity index is 0.00000200. The lowest BCUT2D eigenvalue weighted by atomic mass is 10.1. The number of hydrogen-bond donors (Lipinski definition) is 2. The minimum absolute atomic E-state index is 0. The standard InChI is InChI=1S/C14H19ClN2O2.ClH/c1-10(19-13-5-3-2-4-12(13)15)8-17-14(18)11-6-7-16-9-11;/h2-5,10-11,16H,6-9H2,1H3,(H,17,18);1H. The summed E-state index contributed by atoms with van der Waals surface area (Å²) < 4.78 is 5.70. The summed E-state index contributed by atoms with van der Waals surface area (Å²) in [6, 6.07) is 7.33. The van der Waals surface area contributed by atoms with Crippen molar-refractivity contribution in [2.45, 2.75) is 19.4 Å². The first kappa shape index (κ1) is 17.1. The number of para-hydroxylation sites is 1. The number of ether oxygens (including phenoxy) is 1. The highest BCUT2D eigenvalue weighted by Crippen LogP contribution is 2.24. The normalized spacial score (nSPS) is 19.0. The largest absolute Gasteiger partial charge is 0.487 e.